The van der Waals surface area contributed by atoms with Crippen molar-refractivity contribution in [3.05, 3.63) is 0 Å². The first-order chi connectivity index (χ1) is 9.24. The number of ether oxygens (including phenoxy) is 1. The standard InChI is InChI=1S/C13H26N2O2.C2H6/c1-13(16)15-10-8-14(9-11-15)7-5-3-4-6-12-17-2;1-2/h3-12H2,1-2H3;1-2H3. The second-order valence-corrected chi connectivity index (χ2v) is 4.75. The minimum atomic E-state index is 0.212. The van der Waals surface area contributed by atoms with Crippen LogP contribution < -0.4 is 0 Å². The number of methoxy groups -OCH3 is 1. The SMILES string of the molecule is CC.COCCCCCCN1CCN(C(C)=O)CC1. The van der Waals surface area contributed by atoms with E-state index in [0.29, 0.717) is 0 Å². The fourth-order valence-corrected chi connectivity index (χ4v) is 2.22. The molecule has 0 radical (unpaired) electrons. The molecule has 0 bridgehead atoms. The summed E-state index contributed by atoms with van der Waals surface area (Å²) < 4.78 is 5.02. The molecule has 1 rings (SSSR count). The number of amides is 1. The van der Waals surface area contributed by atoms with Gasteiger partial charge in [-0.05, 0) is 19.4 Å². The van der Waals surface area contributed by atoms with Crippen molar-refractivity contribution < 1.29 is 9.53 Å². The summed E-state index contributed by atoms with van der Waals surface area (Å²) in [7, 11) is 1.76. The highest BCUT2D eigenvalue weighted by Gasteiger charge is 2.17. The third kappa shape index (κ3) is 9.00. The lowest BCUT2D eigenvalue weighted by Crippen LogP contribution is -2.48. The van der Waals surface area contributed by atoms with Gasteiger partial charge in [-0.3, -0.25) is 9.69 Å². The van der Waals surface area contributed by atoms with Gasteiger partial charge in [0, 0.05) is 46.8 Å². The Bertz CT molecular complexity index is 214. The molecule has 1 saturated heterocycles. The van der Waals surface area contributed by atoms with E-state index in [0.717, 1.165) is 32.8 Å². The fraction of sp³-hybridized carbons (Fsp3) is 0.933. The first-order valence-corrected chi connectivity index (χ1v) is 7.71. The molecule has 1 fully saturated rings. The molecule has 114 valence electrons. The van der Waals surface area contributed by atoms with Gasteiger partial charge in [0.05, 0.1) is 0 Å². The predicted molar refractivity (Wildman–Crippen MR) is 80.4 cm³/mol. The van der Waals surface area contributed by atoms with E-state index < -0.39 is 0 Å². The fourth-order valence-electron chi connectivity index (χ4n) is 2.22. The second-order valence-electron chi connectivity index (χ2n) is 4.75. The summed E-state index contributed by atoms with van der Waals surface area (Å²) in [6, 6.07) is 0. The maximum Gasteiger partial charge on any atom is 0.219 e. The van der Waals surface area contributed by atoms with Gasteiger partial charge in [-0.2, -0.15) is 0 Å². The Balaban J connectivity index is 0.00000154. The molecule has 0 aromatic rings. The van der Waals surface area contributed by atoms with Crippen LogP contribution in [-0.2, 0) is 9.53 Å². The van der Waals surface area contributed by atoms with Gasteiger partial charge in [-0.15, -0.1) is 0 Å². The van der Waals surface area contributed by atoms with E-state index in [9.17, 15) is 4.79 Å². The van der Waals surface area contributed by atoms with Crippen molar-refractivity contribution >= 4 is 5.91 Å². The van der Waals surface area contributed by atoms with Gasteiger partial charge in [0.25, 0.3) is 0 Å². The summed E-state index contributed by atoms with van der Waals surface area (Å²) in [6.45, 7) is 11.6. The van der Waals surface area contributed by atoms with Crippen molar-refractivity contribution in [3.63, 3.8) is 0 Å². The van der Waals surface area contributed by atoms with E-state index in [4.69, 9.17) is 4.74 Å². The highest BCUT2D eigenvalue weighted by atomic mass is 16.5. The van der Waals surface area contributed by atoms with Crippen LogP contribution in [-0.4, -0.2) is 62.1 Å². The molecule has 1 aliphatic heterocycles. The molecule has 19 heavy (non-hydrogen) atoms. The number of hydrogen-bond donors (Lipinski definition) is 0. The van der Waals surface area contributed by atoms with Crippen molar-refractivity contribution in [2.75, 3.05) is 46.4 Å². The van der Waals surface area contributed by atoms with Gasteiger partial charge in [-0.1, -0.05) is 26.7 Å². The lowest BCUT2D eigenvalue weighted by atomic mass is 10.2. The zero-order valence-electron chi connectivity index (χ0n) is 13.3. The minimum Gasteiger partial charge on any atom is -0.385 e. The van der Waals surface area contributed by atoms with Gasteiger partial charge in [-0.25, -0.2) is 0 Å². The molecule has 4 heteroatoms. The maximum atomic E-state index is 11.2. The van der Waals surface area contributed by atoms with Crippen molar-refractivity contribution in [1.29, 1.82) is 0 Å². The zero-order chi connectivity index (χ0) is 14.5. The molecule has 1 aliphatic rings. The number of carbonyl (C=O) groups is 1. The molecular formula is C15H32N2O2. The van der Waals surface area contributed by atoms with Crippen LogP contribution in [0.15, 0.2) is 0 Å². The van der Waals surface area contributed by atoms with Gasteiger partial charge in [0.1, 0.15) is 0 Å². The topological polar surface area (TPSA) is 32.8 Å². The van der Waals surface area contributed by atoms with Crippen LogP contribution in [0.1, 0.15) is 46.5 Å². The molecule has 0 spiro atoms. The lowest BCUT2D eigenvalue weighted by molar-refractivity contribution is -0.130. The Kier molecular flexibility index (Phi) is 12.0. The molecule has 1 amide bonds. The highest BCUT2D eigenvalue weighted by molar-refractivity contribution is 5.73. The summed E-state index contributed by atoms with van der Waals surface area (Å²) in [5.41, 5.74) is 0. The summed E-state index contributed by atoms with van der Waals surface area (Å²) >= 11 is 0. The minimum absolute atomic E-state index is 0.212. The van der Waals surface area contributed by atoms with Gasteiger partial charge in [0.2, 0.25) is 5.91 Å². The van der Waals surface area contributed by atoms with Gasteiger partial charge in [0.15, 0.2) is 0 Å². The molecule has 0 saturated carbocycles. The number of hydrogen-bond acceptors (Lipinski definition) is 3. The Labute approximate surface area is 119 Å². The monoisotopic (exact) mass is 272 g/mol. The van der Waals surface area contributed by atoms with Crippen LogP contribution in [0.2, 0.25) is 0 Å². The third-order valence-corrected chi connectivity index (χ3v) is 3.39. The number of nitrogens with zero attached hydrogens (tertiary/aromatic N) is 2. The average molecular weight is 272 g/mol. The number of carbonyl (C=O) groups excluding carboxylic acids is 1. The van der Waals surface area contributed by atoms with E-state index in [1.807, 2.05) is 18.7 Å². The highest BCUT2D eigenvalue weighted by Crippen LogP contribution is 2.06. The van der Waals surface area contributed by atoms with Crippen molar-refractivity contribution in [3.8, 4) is 0 Å². The summed E-state index contributed by atoms with van der Waals surface area (Å²) in [4.78, 5) is 15.6. The normalized spacial score (nSPS) is 15.9. The number of piperazine rings is 1. The largest absolute Gasteiger partial charge is 0.385 e. The van der Waals surface area contributed by atoms with E-state index >= 15 is 0 Å². The van der Waals surface area contributed by atoms with Crippen LogP contribution in [0.25, 0.3) is 0 Å². The van der Waals surface area contributed by atoms with E-state index in [2.05, 4.69) is 4.90 Å². The molecule has 0 aromatic carbocycles. The second kappa shape index (κ2) is 12.4. The Morgan fingerprint density at radius 2 is 1.58 bits per heavy atom. The van der Waals surface area contributed by atoms with E-state index in [-0.39, 0.29) is 5.91 Å². The number of unbranched alkanes of at least 4 members (excludes halogenated alkanes) is 3. The number of rotatable bonds is 7. The van der Waals surface area contributed by atoms with Crippen LogP contribution in [0, 0.1) is 0 Å². The average Bonchev–Trinajstić information content (AvgIpc) is 2.45. The quantitative estimate of drug-likeness (QED) is 0.667. The molecule has 0 atom stereocenters. The molecule has 0 aromatic heterocycles. The molecule has 1 heterocycles. The smallest absolute Gasteiger partial charge is 0.219 e. The Hall–Kier alpha value is -0.610. The third-order valence-electron chi connectivity index (χ3n) is 3.39. The van der Waals surface area contributed by atoms with Crippen molar-refractivity contribution in [2.45, 2.75) is 46.5 Å². The van der Waals surface area contributed by atoms with Crippen LogP contribution in [0.4, 0.5) is 0 Å². The predicted octanol–water partition coefficient (Wildman–Crippen LogP) is 2.38. The Morgan fingerprint density at radius 3 is 2.11 bits per heavy atom. The molecule has 4 nitrogen and oxygen atoms in total. The maximum absolute atomic E-state index is 11.2. The van der Waals surface area contributed by atoms with Crippen LogP contribution in [0.3, 0.4) is 0 Å². The zero-order valence-corrected chi connectivity index (χ0v) is 13.3. The summed E-state index contributed by atoms with van der Waals surface area (Å²) in [5, 5.41) is 0. The van der Waals surface area contributed by atoms with Crippen LogP contribution >= 0.6 is 0 Å². The van der Waals surface area contributed by atoms with Crippen LogP contribution in [0.5, 0.6) is 0 Å². The molecule has 0 N–H and O–H groups in total. The lowest BCUT2D eigenvalue weighted by Gasteiger charge is -2.34. The van der Waals surface area contributed by atoms with Gasteiger partial charge >= 0.3 is 0 Å². The first-order valence-electron chi connectivity index (χ1n) is 7.71. The summed E-state index contributed by atoms with van der Waals surface area (Å²) in [6.07, 6.45) is 5.00. The van der Waals surface area contributed by atoms with Gasteiger partial charge < -0.3 is 9.64 Å². The Morgan fingerprint density at radius 1 is 1.00 bits per heavy atom. The van der Waals surface area contributed by atoms with Crippen molar-refractivity contribution in [1.82, 2.24) is 9.80 Å². The van der Waals surface area contributed by atoms with E-state index in [1.54, 1.807) is 14.0 Å². The first kappa shape index (κ1) is 18.4. The molecule has 0 aliphatic carbocycles. The molecule has 0 unspecified atom stereocenters. The van der Waals surface area contributed by atoms with Crippen molar-refractivity contribution in [2.24, 2.45) is 0 Å². The summed E-state index contributed by atoms with van der Waals surface area (Å²) in [5.74, 6) is 0.212. The van der Waals surface area contributed by atoms with E-state index in [1.165, 1.54) is 32.2 Å². The molecular weight excluding hydrogens is 240 g/mol.